The Morgan fingerprint density at radius 3 is 1.47 bits per heavy atom. The fourth-order valence-corrected chi connectivity index (χ4v) is 4.06. The summed E-state index contributed by atoms with van der Waals surface area (Å²) in [5.41, 5.74) is 3.30. The van der Waals surface area contributed by atoms with Crippen LogP contribution in [-0.2, 0) is 0 Å². The molecule has 5 heteroatoms. The molecule has 0 aliphatic heterocycles. The molecule has 0 saturated carbocycles. The van der Waals surface area contributed by atoms with Crippen LogP contribution in [0.4, 0.5) is 5.69 Å². The van der Waals surface area contributed by atoms with Crippen molar-refractivity contribution in [2.45, 2.75) is 32.6 Å². The molecule has 0 saturated heterocycles. The topological polar surface area (TPSA) is 37.4 Å². The number of ketones is 2. The Hall–Kier alpha value is -2.62. The number of rotatable bonds is 10. The fraction of sp³-hybridized carbons (Fsp3) is 0.259. The highest BCUT2D eigenvalue weighted by atomic mass is 35.5. The van der Waals surface area contributed by atoms with Gasteiger partial charge in [-0.1, -0.05) is 35.3 Å². The van der Waals surface area contributed by atoms with Gasteiger partial charge >= 0.3 is 0 Å². The molecule has 0 fully saturated rings. The van der Waals surface area contributed by atoms with Crippen molar-refractivity contribution in [3.05, 3.63) is 99.5 Å². The van der Waals surface area contributed by atoms with Gasteiger partial charge in [-0.05, 0) is 86.0 Å². The van der Waals surface area contributed by atoms with Crippen molar-refractivity contribution in [1.82, 2.24) is 0 Å². The van der Waals surface area contributed by atoms with Crippen LogP contribution in [0.2, 0.25) is 10.0 Å². The van der Waals surface area contributed by atoms with Gasteiger partial charge in [0.1, 0.15) is 0 Å². The highest BCUT2D eigenvalue weighted by Crippen LogP contribution is 2.29. The van der Waals surface area contributed by atoms with E-state index in [1.807, 2.05) is 12.1 Å². The van der Waals surface area contributed by atoms with Gasteiger partial charge in [0.05, 0.1) is 0 Å². The summed E-state index contributed by atoms with van der Waals surface area (Å²) in [5, 5.41) is 1.17. The van der Waals surface area contributed by atoms with Crippen molar-refractivity contribution in [3.63, 3.8) is 0 Å². The van der Waals surface area contributed by atoms with E-state index in [0.29, 0.717) is 21.2 Å². The Bertz CT molecular complexity index is 981. The highest BCUT2D eigenvalue weighted by molar-refractivity contribution is 6.31. The molecular weight excluding hydrogens is 441 g/mol. The van der Waals surface area contributed by atoms with Gasteiger partial charge in [0.15, 0.2) is 11.6 Å². The number of Topliss-reactive ketones (excluding diaryl/α,β-unsaturated/α-hetero) is 2. The van der Waals surface area contributed by atoms with Crippen LogP contribution in [0.3, 0.4) is 0 Å². The summed E-state index contributed by atoms with van der Waals surface area (Å²) in [6.07, 6.45) is 0.483. The van der Waals surface area contributed by atoms with Gasteiger partial charge in [0.25, 0.3) is 0 Å². The van der Waals surface area contributed by atoms with E-state index in [9.17, 15) is 9.59 Å². The lowest BCUT2D eigenvalue weighted by atomic mass is 9.86. The van der Waals surface area contributed by atoms with Gasteiger partial charge in [0, 0.05) is 52.8 Å². The van der Waals surface area contributed by atoms with E-state index < -0.39 is 0 Å². The Balaban J connectivity index is 1.85. The number of nitrogens with zero attached hydrogens (tertiary/aromatic N) is 1. The molecule has 0 unspecified atom stereocenters. The Kier molecular flexibility index (Phi) is 8.49. The summed E-state index contributed by atoms with van der Waals surface area (Å²) < 4.78 is 0. The summed E-state index contributed by atoms with van der Waals surface area (Å²) in [5.74, 6) is -0.251. The second-order valence-corrected chi connectivity index (χ2v) is 8.60. The largest absolute Gasteiger partial charge is 0.372 e. The van der Waals surface area contributed by atoms with Crippen molar-refractivity contribution in [1.29, 1.82) is 0 Å². The first-order valence-electron chi connectivity index (χ1n) is 10.8. The fourth-order valence-electron chi connectivity index (χ4n) is 3.81. The molecule has 0 aliphatic rings. The summed E-state index contributed by atoms with van der Waals surface area (Å²) in [7, 11) is 0. The maximum Gasteiger partial charge on any atom is 0.163 e. The molecule has 166 valence electrons. The molecule has 3 aromatic rings. The van der Waals surface area contributed by atoms with E-state index in [0.717, 1.165) is 24.3 Å². The smallest absolute Gasteiger partial charge is 0.163 e. The predicted molar refractivity (Wildman–Crippen MR) is 134 cm³/mol. The van der Waals surface area contributed by atoms with Crippen LogP contribution in [0.25, 0.3) is 0 Å². The maximum absolute atomic E-state index is 13.0. The lowest BCUT2D eigenvalue weighted by Gasteiger charge is -2.22. The van der Waals surface area contributed by atoms with E-state index in [-0.39, 0.29) is 30.3 Å². The first-order chi connectivity index (χ1) is 15.4. The van der Waals surface area contributed by atoms with Crippen LogP contribution in [0.1, 0.15) is 58.9 Å². The van der Waals surface area contributed by atoms with Crippen molar-refractivity contribution >= 4 is 40.5 Å². The van der Waals surface area contributed by atoms with Crippen molar-refractivity contribution in [2.75, 3.05) is 18.0 Å². The molecule has 0 aliphatic carbocycles. The second kappa shape index (κ2) is 11.3. The Morgan fingerprint density at radius 2 is 1.09 bits per heavy atom. The zero-order valence-corrected chi connectivity index (χ0v) is 19.9. The van der Waals surface area contributed by atoms with Crippen molar-refractivity contribution in [3.8, 4) is 0 Å². The first-order valence-corrected chi connectivity index (χ1v) is 11.6. The van der Waals surface area contributed by atoms with Gasteiger partial charge in [-0.15, -0.1) is 0 Å². The van der Waals surface area contributed by atoms with E-state index >= 15 is 0 Å². The molecule has 3 aromatic carbocycles. The predicted octanol–water partition coefficient (Wildman–Crippen LogP) is 7.47. The van der Waals surface area contributed by atoms with E-state index in [1.165, 1.54) is 0 Å². The minimum atomic E-state index is -0.230. The van der Waals surface area contributed by atoms with E-state index in [2.05, 4.69) is 30.9 Å². The third-order valence-corrected chi connectivity index (χ3v) is 6.19. The normalized spacial score (nSPS) is 10.9. The quantitative estimate of drug-likeness (QED) is 0.290. The first kappa shape index (κ1) is 24.0. The van der Waals surface area contributed by atoms with Crippen molar-refractivity contribution < 1.29 is 9.59 Å². The van der Waals surface area contributed by atoms with Crippen molar-refractivity contribution in [2.24, 2.45) is 0 Å². The number of halogens is 2. The summed E-state index contributed by atoms with van der Waals surface area (Å²) in [4.78, 5) is 28.2. The highest BCUT2D eigenvalue weighted by Gasteiger charge is 2.22. The lowest BCUT2D eigenvalue weighted by Crippen LogP contribution is -2.21. The monoisotopic (exact) mass is 467 g/mol. The summed E-state index contributed by atoms with van der Waals surface area (Å²) >= 11 is 11.9. The molecule has 0 amide bonds. The third kappa shape index (κ3) is 6.21. The average Bonchev–Trinajstić information content (AvgIpc) is 2.80. The van der Waals surface area contributed by atoms with Crippen LogP contribution < -0.4 is 4.90 Å². The molecule has 0 spiro atoms. The number of carbonyl (C=O) groups excluding carboxylic acids is 2. The molecule has 3 rings (SSSR count). The number of hydrogen-bond donors (Lipinski definition) is 0. The molecule has 0 N–H and O–H groups in total. The van der Waals surface area contributed by atoms with Gasteiger partial charge in [-0.3, -0.25) is 9.59 Å². The summed E-state index contributed by atoms with van der Waals surface area (Å²) in [6, 6.07) is 21.9. The second-order valence-electron chi connectivity index (χ2n) is 7.73. The molecule has 0 radical (unpaired) electrons. The zero-order valence-electron chi connectivity index (χ0n) is 18.4. The van der Waals surface area contributed by atoms with Crippen LogP contribution in [0, 0.1) is 0 Å². The SMILES string of the molecule is CCN(CC)c1ccc(C(CC(=O)c2ccc(Cl)cc2)CC(=O)c2ccc(Cl)cc2)cc1. The van der Waals surface area contributed by atoms with Crippen LogP contribution in [0.15, 0.2) is 72.8 Å². The van der Waals surface area contributed by atoms with Crippen LogP contribution in [-0.4, -0.2) is 24.7 Å². The van der Waals surface area contributed by atoms with Gasteiger partial charge in [0.2, 0.25) is 0 Å². The molecule has 0 aromatic heterocycles. The average molecular weight is 468 g/mol. The number of carbonyl (C=O) groups is 2. The molecule has 0 bridgehead atoms. The van der Waals surface area contributed by atoms with Crippen LogP contribution >= 0.6 is 23.2 Å². The van der Waals surface area contributed by atoms with Gasteiger partial charge in [-0.2, -0.15) is 0 Å². The lowest BCUT2D eigenvalue weighted by molar-refractivity contribution is 0.0944. The Labute approximate surface area is 200 Å². The standard InChI is InChI=1S/C27H27Cl2NO2/c1-3-30(4-2)25-15-9-19(10-16-25)22(17-26(31)20-5-11-23(28)12-6-20)18-27(32)21-7-13-24(29)14-8-21/h5-16,22H,3-4,17-18H2,1-2H3. The molecular formula is C27H27Cl2NO2. The van der Waals surface area contributed by atoms with Gasteiger partial charge < -0.3 is 4.90 Å². The minimum Gasteiger partial charge on any atom is -0.372 e. The summed E-state index contributed by atoms with van der Waals surface area (Å²) in [6.45, 7) is 6.08. The number of benzene rings is 3. The van der Waals surface area contributed by atoms with E-state index in [1.54, 1.807) is 48.5 Å². The Morgan fingerprint density at radius 1 is 0.688 bits per heavy atom. The molecule has 32 heavy (non-hydrogen) atoms. The number of anilines is 1. The maximum atomic E-state index is 13.0. The number of hydrogen-bond acceptors (Lipinski definition) is 3. The minimum absolute atomic E-state index is 0.0107. The van der Waals surface area contributed by atoms with Gasteiger partial charge in [-0.25, -0.2) is 0 Å². The van der Waals surface area contributed by atoms with Crippen LogP contribution in [0.5, 0.6) is 0 Å². The zero-order chi connectivity index (χ0) is 23.1. The molecule has 0 heterocycles. The molecule has 3 nitrogen and oxygen atoms in total. The third-order valence-electron chi connectivity index (χ3n) is 5.69. The van der Waals surface area contributed by atoms with E-state index in [4.69, 9.17) is 23.2 Å². The molecule has 0 atom stereocenters.